The van der Waals surface area contributed by atoms with E-state index in [4.69, 9.17) is 11.6 Å². The highest BCUT2D eigenvalue weighted by molar-refractivity contribution is 6.31. The Hall–Kier alpha value is -0.730. The Labute approximate surface area is 115 Å². The summed E-state index contributed by atoms with van der Waals surface area (Å²) >= 11 is 6.38. The molecular formula is C15H23ClN2. The fourth-order valence-corrected chi connectivity index (χ4v) is 2.71. The molecule has 0 saturated heterocycles. The summed E-state index contributed by atoms with van der Waals surface area (Å²) in [4.78, 5) is 2.34. The third-order valence-corrected chi connectivity index (χ3v) is 4.53. The van der Waals surface area contributed by atoms with Crippen molar-refractivity contribution in [2.75, 3.05) is 19.0 Å². The monoisotopic (exact) mass is 266 g/mol. The Morgan fingerprint density at radius 1 is 1.33 bits per heavy atom. The molecular weight excluding hydrogens is 244 g/mol. The number of anilines is 1. The zero-order valence-electron chi connectivity index (χ0n) is 11.7. The fraction of sp³-hybridized carbons (Fsp3) is 0.600. The van der Waals surface area contributed by atoms with Crippen molar-refractivity contribution in [1.29, 1.82) is 0 Å². The van der Waals surface area contributed by atoms with Crippen molar-refractivity contribution in [3.05, 3.63) is 28.8 Å². The highest BCUT2D eigenvalue weighted by Crippen LogP contribution is 2.37. The van der Waals surface area contributed by atoms with Crippen molar-refractivity contribution < 1.29 is 0 Å². The van der Waals surface area contributed by atoms with Gasteiger partial charge in [-0.2, -0.15) is 0 Å². The Balaban J connectivity index is 2.17. The molecule has 2 atom stereocenters. The molecule has 0 heterocycles. The van der Waals surface area contributed by atoms with Gasteiger partial charge in [-0.05, 0) is 57.4 Å². The van der Waals surface area contributed by atoms with Crippen LogP contribution in [0.2, 0.25) is 5.02 Å². The largest absolute Gasteiger partial charge is 0.372 e. The molecule has 0 aromatic heterocycles. The van der Waals surface area contributed by atoms with Gasteiger partial charge in [-0.3, -0.25) is 0 Å². The minimum absolute atomic E-state index is 0.290. The second kappa shape index (κ2) is 5.50. The maximum Gasteiger partial charge on any atom is 0.0474 e. The van der Waals surface area contributed by atoms with Crippen LogP contribution in [-0.4, -0.2) is 20.1 Å². The highest BCUT2D eigenvalue weighted by Gasteiger charge is 2.30. The maximum absolute atomic E-state index is 6.38. The van der Waals surface area contributed by atoms with Gasteiger partial charge in [-0.1, -0.05) is 17.7 Å². The summed E-state index contributed by atoms with van der Waals surface area (Å²) in [7, 11) is 4.12. The van der Waals surface area contributed by atoms with E-state index < -0.39 is 0 Å². The molecule has 3 heteroatoms. The Morgan fingerprint density at radius 2 is 2.00 bits per heavy atom. The topological polar surface area (TPSA) is 15.3 Å². The second-order valence-electron chi connectivity index (χ2n) is 5.41. The first kappa shape index (κ1) is 13.7. The minimum Gasteiger partial charge on any atom is -0.372 e. The van der Waals surface area contributed by atoms with Crippen LogP contribution in [0.3, 0.4) is 0 Å². The lowest BCUT2D eigenvalue weighted by Crippen LogP contribution is -2.30. The standard InChI is InChI=1S/C15H23ClN2/c1-10(17-3)14-8-7-13(9-15(14)16)18(4)11(2)12-5-6-12/h7-12,17H,5-6H2,1-4H3. The van der Waals surface area contributed by atoms with Crippen molar-refractivity contribution in [1.82, 2.24) is 5.32 Å². The fourth-order valence-electron chi connectivity index (χ4n) is 2.37. The van der Waals surface area contributed by atoms with Crippen molar-refractivity contribution in [3.8, 4) is 0 Å². The summed E-state index contributed by atoms with van der Waals surface area (Å²) in [6.07, 6.45) is 2.74. The molecule has 18 heavy (non-hydrogen) atoms. The van der Waals surface area contributed by atoms with Crippen molar-refractivity contribution >= 4 is 17.3 Å². The van der Waals surface area contributed by atoms with E-state index in [1.54, 1.807) is 0 Å². The second-order valence-corrected chi connectivity index (χ2v) is 5.81. The van der Waals surface area contributed by atoms with Gasteiger partial charge in [0.1, 0.15) is 0 Å². The molecule has 2 rings (SSSR count). The molecule has 0 radical (unpaired) electrons. The minimum atomic E-state index is 0.290. The van der Waals surface area contributed by atoms with E-state index in [-0.39, 0.29) is 6.04 Å². The van der Waals surface area contributed by atoms with E-state index in [0.717, 1.165) is 16.5 Å². The van der Waals surface area contributed by atoms with Crippen LogP contribution >= 0.6 is 11.6 Å². The van der Waals surface area contributed by atoms with Crippen molar-refractivity contribution in [2.45, 2.75) is 38.8 Å². The number of hydrogen-bond acceptors (Lipinski definition) is 2. The molecule has 0 amide bonds. The van der Waals surface area contributed by atoms with E-state index in [2.05, 4.69) is 49.3 Å². The summed E-state index contributed by atoms with van der Waals surface area (Å²) in [5.74, 6) is 0.865. The Bertz CT molecular complexity index is 415. The van der Waals surface area contributed by atoms with E-state index in [1.807, 2.05) is 7.05 Å². The van der Waals surface area contributed by atoms with Crippen LogP contribution in [0, 0.1) is 5.92 Å². The van der Waals surface area contributed by atoms with Gasteiger partial charge in [0.2, 0.25) is 0 Å². The molecule has 100 valence electrons. The van der Waals surface area contributed by atoms with Crippen LogP contribution in [0.1, 0.15) is 38.3 Å². The number of rotatable bonds is 5. The molecule has 1 aliphatic rings. The number of nitrogens with zero attached hydrogens (tertiary/aromatic N) is 1. The summed E-state index contributed by atoms with van der Waals surface area (Å²) in [5, 5.41) is 4.07. The molecule has 1 aromatic rings. The Morgan fingerprint density at radius 3 is 2.50 bits per heavy atom. The van der Waals surface area contributed by atoms with E-state index in [9.17, 15) is 0 Å². The molecule has 1 N–H and O–H groups in total. The predicted molar refractivity (Wildman–Crippen MR) is 79.5 cm³/mol. The first-order chi connectivity index (χ1) is 8.54. The smallest absolute Gasteiger partial charge is 0.0474 e. The van der Waals surface area contributed by atoms with Gasteiger partial charge in [0.25, 0.3) is 0 Å². The summed E-state index contributed by atoms with van der Waals surface area (Å²) in [6.45, 7) is 4.42. The number of hydrogen-bond donors (Lipinski definition) is 1. The van der Waals surface area contributed by atoms with Crippen molar-refractivity contribution in [2.24, 2.45) is 5.92 Å². The van der Waals surface area contributed by atoms with Crippen LogP contribution < -0.4 is 10.2 Å². The zero-order valence-corrected chi connectivity index (χ0v) is 12.5. The average molecular weight is 267 g/mol. The van der Waals surface area contributed by atoms with Crippen LogP contribution in [0.25, 0.3) is 0 Å². The van der Waals surface area contributed by atoms with Crippen LogP contribution in [-0.2, 0) is 0 Å². The molecule has 1 saturated carbocycles. The summed E-state index contributed by atoms with van der Waals surface area (Å²) in [6, 6.07) is 7.29. The molecule has 1 aromatic carbocycles. The third kappa shape index (κ3) is 2.81. The Kier molecular flexibility index (Phi) is 4.18. The molecule has 0 bridgehead atoms. The zero-order chi connectivity index (χ0) is 13.3. The molecule has 0 spiro atoms. The van der Waals surface area contributed by atoms with Gasteiger partial charge in [0.15, 0.2) is 0 Å². The number of halogens is 1. The molecule has 1 fully saturated rings. The molecule has 1 aliphatic carbocycles. The summed E-state index contributed by atoms with van der Waals surface area (Å²) < 4.78 is 0. The van der Waals surface area contributed by atoms with Crippen LogP contribution in [0.15, 0.2) is 18.2 Å². The van der Waals surface area contributed by atoms with Crippen LogP contribution in [0.4, 0.5) is 5.69 Å². The number of nitrogens with one attached hydrogen (secondary N) is 1. The van der Waals surface area contributed by atoms with Crippen molar-refractivity contribution in [3.63, 3.8) is 0 Å². The molecule has 2 unspecified atom stereocenters. The first-order valence-corrected chi connectivity index (χ1v) is 7.12. The van der Waals surface area contributed by atoms with Gasteiger partial charge in [-0.15, -0.1) is 0 Å². The lowest BCUT2D eigenvalue weighted by molar-refractivity contribution is 0.608. The van der Waals surface area contributed by atoms with Gasteiger partial charge in [-0.25, -0.2) is 0 Å². The maximum atomic E-state index is 6.38. The summed E-state index contributed by atoms with van der Waals surface area (Å²) in [5.41, 5.74) is 2.38. The molecule has 0 aliphatic heterocycles. The van der Waals surface area contributed by atoms with Gasteiger partial charge < -0.3 is 10.2 Å². The SMILES string of the molecule is CNC(C)c1ccc(N(C)C(C)C2CC2)cc1Cl. The van der Waals surface area contributed by atoms with E-state index in [1.165, 1.54) is 18.5 Å². The van der Waals surface area contributed by atoms with Gasteiger partial charge in [0.05, 0.1) is 0 Å². The lowest BCUT2D eigenvalue weighted by Gasteiger charge is -2.28. The first-order valence-electron chi connectivity index (χ1n) is 6.74. The lowest BCUT2D eigenvalue weighted by atomic mass is 10.1. The van der Waals surface area contributed by atoms with Gasteiger partial charge in [0, 0.05) is 29.8 Å². The number of benzene rings is 1. The predicted octanol–water partition coefficient (Wildman–Crippen LogP) is 3.86. The van der Waals surface area contributed by atoms with E-state index in [0.29, 0.717) is 6.04 Å². The average Bonchev–Trinajstić information content (AvgIpc) is 3.20. The van der Waals surface area contributed by atoms with Gasteiger partial charge >= 0.3 is 0 Å². The normalized spacial score (nSPS) is 18.5. The third-order valence-electron chi connectivity index (χ3n) is 4.21. The molecule has 2 nitrogen and oxygen atoms in total. The van der Waals surface area contributed by atoms with E-state index >= 15 is 0 Å². The highest BCUT2D eigenvalue weighted by atomic mass is 35.5. The quantitative estimate of drug-likeness (QED) is 0.871. The van der Waals surface area contributed by atoms with Crippen LogP contribution in [0.5, 0.6) is 0 Å².